The lowest BCUT2D eigenvalue weighted by atomic mass is 10.1. The van der Waals surface area contributed by atoms with Crippen LogP contribution in [-0.4, -0.2) is 40.3 Å². The topological polar surface area (TPSA) is 95.1 Å². The Hall–Kier alpha value is -4.46. The average molecular weight is 463 g/mol. The molecule has 0 bridgehead atoms. The molecular formula is C26H26N2O6. The quantitative estimate of drug-likeness (QED) is 0.278. The van der Waals surface area contributed by atoms with Gasteiger partial charge < -0.3 is 29.6 Å². The zero-order valence-electron chi connectivity index (χ0n) is 19.4. The summed E-state index contributed by atoms with van der Waals surface area (Å²) in [7, 11) is 5.99. The van der Waals surface area contributed by atoms with E-state index in [1.165, 1.54) is 34.5 Å². The lowest BCUT2D eigenvalue weighted by Gasteiger charge is -2.15. The molecule has 0 saturated carbocycles. The summed E-state index contributed by atoms with van der Waals surface area (Å²) in [5.41, 5.74) is 1.16. The van der Waals surface area contributed by atoms with Crippen LogP contribution in [0.5, 0.6) is 23.0 Å². The van der Waals surface area contributed by atoms with E-state index in [9.17, 15) is 9.59 Å². The fourth-order valence-electron chi connectivity index (χ4n) is 3.29. The largest absolute Gasteiger partial charge is 0.495 e. The van der Waals surface area contributed by atoms with Crippen LogP contribution in [0.3, 0.4) is 0 Å². The van der Waals surface area contributed by atoms with E-state index in [2.05, 4.69) is 10.6 Å². The van der Waals surface area contributed by atoms with E-state index in [1.807, 2.05) is 0 Å². The SMILES string of the molecule is COc1ccccc1NC(=O)C(=Cc1cccc(OC)c1OC)C(=O)Nc1ccccc1OC. The molecule has 0 atom stereocenters. The molecule has 34 heavy (non-hydrogen) atoms. The molecule has 0 aliphatic carbocycles. The number of benzene rings is 3. The molecule has 0 radical (unpaired) electrons. The molecule has 2 N–H and O–H groups in total. The van der Waals surface area contributed by atoms with Crippen molar-refractivity contribution in [2.75, 3.05) is 39.1 Å². The minimum absolute atomic E-state index is 0.164. The van der Waals surface area contributed by atoms with Crippen molar-refractivity contribution in [1.29, 1.82) is 0 Å². The van der Waals surface area contributed by atoms with Gasteiger partial charge in [0.05, 0.1) is 39.8 Å². The summed E-state index contributed by atoms with van der Waals surface area (Å²) < 4.78 is 21.4. The normalized spacial score (nSPS) is 10.0. The fourth-order valence-corrected chi connectivity index (χ4v) is 3.29. The fraction of sp³-hybridized carbons (Fsp3) is 0.154. The van der Waals surface area contributed by atoms with Gasteiger partial charge in [0.2, 0.25) is 0 Å². The number of carbonyl (C=O) groups excluding carboxylic acids is 2. The Morgan fingerprint density at radius 1 is 0.618 bits per heavy atom. The van der Waals surface area contributed by atoms with Crippen LogP contribution in [0.15, 0.2) is 72.3 Å². The van der Waals surface area contributed by atoms with Gasteiger partial charge in [-0.3, -0.25) is 9.59 Å². The van der Waals surface area contributed by atoms with Gasteiger partial charge in [-0.1, -0.05) is 36.4 Å². The van der Waals surface area contributed by atoms with E-state index in [0.29, 0.717) is 39.9 Å². The van der Waals surface area contributed by atoms with Crippen LogP contribution in [0.2, 0.25) is 0 Å². The third-order valence-electron chi connectivity index (χ3n) is 4.93. The molecule has 2 amide bonds. The molecule has 0 aliphatic heterocycles. The van der Waals surface area contributed by atoms with Crippen LogP contribution in [0.25, 0.3) is 6.08 Å². The van der Waals surface area contributed by atoms with E-state index in [-0.39, 0.29) is 5.57 Å². The maximum absolute atomic E-state index is 13.3. The lowest BCUT2D eigenvalue weighted by Crippen LogP contribution is -2.25. The van der Waals surface area contributed by atoms with Gasteiger partial charge in [-0.25, -0.2) is 0 Å². The van der Waals surface area contributed by atoms with Gasteiger partial charge in [-0.2, -0.15) is 0 Å². The number of rotatable bonds is 9. The number of amides is 2. The van der Waals surface area contributed by atoms with Crippen molar-refractivity contribution in [3.8, 4) is 23.0 Å². The zero-order chi connectivity index (χ0) is 24.5. The summed E-state index contributed by atoms with van der Waals surface area (Å²) in [4.78, 5) is 26.7. The smallest absolute Gasteiger partial charge is 0.261 e. The first kappa shape index (κ1) is 24.2. The second-order valence-corrected chi connectivity index (χ2v) is 6.95. The van der Waals surface area contributed by atoms with E-state index in [0.717, 1.165) is 0 Å². The van der Waals surface area contributed by atoms with Crippen LogP contribution in [0.1, 0.15) is 5.56 Å². The van der Waals surface area contributed by atoms with Gasteiger partial charge in [-0.15, -0.1) is 0 Å². The van der Waals surface area contributed by atoms with Crippen LogP contribution in [0, 0.1) is 0 Å². The molecule has 3 aromatic rings. The third-order valence-corrected chi connectivity index (χ3v) is 4.93. The first-order valence-electron chi connectivity index (χ1n) is 10.3. The minimum Gasteiger partial charge on any atom is -0.495 e. The molecule has 0 spiro atoms. The Morgan fingerprint density at radius 3 is 1.56 bits per heavy atom. The van der Waals surface area contributed by atoms with E-state index < -0.39 is 11.8 Å². The molecule has 0 fully saturated rings. The van der Waals surface area contributed by atoms with Crippen LogP contribution < -0.4 is 29.6 Å². The first-order chi connectivity index (χ1) is 16.5. The highest BCUT2D eigenvalue weighted by molar-refractivity contribution is 6.29. The minimum atomic E-state index is -0.637. The van der Waals surface area contributed by atoms with Gasteiger partial charge in [0.1, 0.15) is 17.1 Å². The maximum Gasteiger partial charge on any atom is 0.261 e. The molecule has 176 valence electrons. The average Bonchev–Trinajstić information content (AvgIpc) is 2.87. The molecule has 0 heterocycles. The van der Waals surface area contributed by atoms with E-state index in [1.54, 1.807) is 66.7 Å². The summed E-state index contributed by atoms with van der Waals surface area (Å²) in [5, 5.41) is 5.49. The maximum atomic E-state index is 13.3. The van der Waals surface area contributed by atoms with Gasteiger partial charge in [0.25, 0.3) is 11.8 Å². The Balaban J connectivity index is 2.05. The number of methoxy groups -OCH3 is 4. The molecule has 0 unspecified atom stereocenters. The molecule has 3 rings (SSSR count). The summed E-state index contributed by atoms with van der Waals surface area (Å²) in [5.74, 6) is 0.491. The highest BCUT2D eigenvalue weighted by atomic mass is 16.5. The Bertz CT molecular complexity index is 1140. The zero-order valence-corrected chi connectivity index (χ0v) is 19.4. The van der Waals surface area contributed by atoms with E-state index in [4.69, 9.17) is 18.9 Å². The number of carbonyl (C=O) groups is 2. The van der Waals surface area contributed by atoms with Crippen molar-refractivity contribution in [3.05, 3.63) is 77.9 Å². The summed E-state index contributed by atoms with van der Waals surface area (Å²) >= 11 is 0. The van der Waals surface area contributed by atoms with Gasteiger partial charge in [-0.05, 0) is 36.4 Å². The van der Waals surface area contributed by atoms with Crippen molar-refractivity contribution in [2.24, 2.45) is 0 Å². The van der Waals surface area contributed by atoms with Crippen molar-refractivity contribution < 1.29 is 28.5 Å². The van der Waals surface area contributed by atoms with Crippen molar-refractivity contribution in [2.45, 2.75) is 0 Å². The van der Waals surface area contributed by atoms with Crippen LogP contribution in [-0.2, 0) is 9.59 Å². The monoisotopic (exact) mass is 462 g/mol. The Kier molecular flexibility index (Phi) is 8.12. The van der Waals surface area contributed by atoms with Gasteiger partial charge >= 0.3 is 0 Å². The molecule has 8 heteroatoms. The van der Waals surface area contributed by atoms with Crippen molar-refractivity contribution >= 4 is 29.3 Å². The predicted molar refractivity (Wildman–Crippen MR) is 131 cm³/mol. The molecule has 0 aliphatic rings. The van der Waals surface area contributed by atoms with Gasteiger partial charge in [0.15, 0.2) is 11.5 Å². The summed E-state index contributed by atoms with van der Waals surface area (Å²) in [6, 6.07) is 19.0. The third kappa shape index (κ3) is 5.47. The number of anilines is 2. The van der Waals surface area contributed by atoms with Crippen LogP contribution >= 0.6 is 0 Å². The number of nitrogens with one attached hydrogen (secondary N) is 2. The van der Waals surface area contributed by atoms with Crippen molar-refractivity contribution in [3.63, 3.8) is 0 Å². The standard InChI is InChI=1S/C26H26N2O6/c1-31-21-13-7-5-11-19(21)27-25(29)18(16-17-10-9-15-23(33-3)24(17)34-4)26(30)28-20-12-6-8-14-22(20)32-2/h5-16H,1-4H3,(H,27,29)(H,28,30). The first-order valence-corrected chi connectivity index (χ1v) is 10.3. The molecular weight excluding hydrogens is 436 g/mol. The van der Waals surface area contributed by atoms with E-state index >= 15 is 0 Å². The summed E-state index contributed by atoms with van der Waals surface area (Å²) in [6.07, 6.45) is 1.44. The highest BCUT2D eigenvalue weighted by Crippen LogP contribution is 2.33. The van der Waals surface area contributed by atoms with Crippen LogP contribution in [0.4, 0.5) is 11.4 Å². The Labute approximate surface area is 198 Å². The number of ether oxygens (including phenoxy) is 4. The molecule has 0 aromatic heterocycles. The highest BCUT2D eigenvalue weighted by Gasteiger charge is 2.22. The second kappa shape index (κ2) is 11.4. The number of hydrogen-bond donors (Lipinski definition) is 2. The van der Waals surface area contributed by atoms with Gasteiger partial charge in [0, 0.05) is 5.56 Å². The molecule has 0 saturated heterocycles. The molecule has 3 aromatic carbocycles. The Morgan fingerprint density at radius 2 is 1.09 bits per heavy atom. The molecule has 8 nitrogen and oxygen atoms in total. The second-order valence-electron chi connectivity index (χ2n) is 6.95. The van der Waals surface area contributed by atoms with Crippen molar-refractivity contribution in [1.82, 2.24) is 0 Å². The number of hydrogen-bond acceptors (Lipinski definition) is 6. The summed E-state index contributed by atoms with van der Waals surface area (Å²) in [6.45, 7) is 0. The lowest BCUT2D eigenvalue weighted by molar-refractivity contribution is -0.118. The number of para-hydroxylation sites is 5. The predicted octanol–water partition coefficient (Wildman–Crippen LogP) is 4.38.